The van der Waals surface area contributed by atoms with Crippen LogP contribution in [0.2, 0.25) is 0 Å². The second-order valence-corrected chi connectivity index (χ2v) is 5.80. The van der Waals surface area contributed by atoms with E-state index in [0.29, 0.717) is 31.3 Å². The molecule has 2 rings (SSSR count). The average molecular weight is 327 g/mol. The lowest BCUT2D eigenvalue weighted by atomic mass is 10.0. The summed E-state index contributed by atoms with van der Waals surface area (Å²) in [5, 5.41) is 2.89. The van der Waals surface area contributed by atoms with E-state index in [9.17, 15) is 4.79 Å². The number of carbonyl (C=O) groups excluding carboxylic acids is 1. The van der Waals surface area contributed by atoms with Crippen molar-refractivity contribution in [3.63, 3.8) is 0 Å². The first kappa shape index (κ1) is 18.0. The van der Waals surface area contributed by atoms with Gasteiger partial charge in [-0.2, -0.15) is 0 Å². The molecule has 0 spiro atoms. The minimum atomic E-state index is -0.115. The van der Waals surface area contributed by atoms with Gasteiger partial charge < -0.3 is 14.8 Å². The van der Waals surface area contributed by atoms with Gasteiger partial charge >= 0.3 is 0 Å². The van der Waals surface area contributed by atoms with Crippen molar-refractivity contribution in [2.24, 2.45) is 0 Å². The van der Waals surface area contributed by atoms with E-state index in [2.05, 4.69) is 19.2 Å². The molecular weight excluding hydrogens is 302 g/mol. The van der Waals surface area contributed by atoms with Crippen molar-refractivity contribution >= 4 is 11.6 Å². The van der Waals surface area contributed by atoms with E-state index < -0.39 is 0 Å². The Balaban J connectivity index is 1.89. The summed E-state index contributed by atoms with van der Waals surface area (Å²) in [6.07, 6.45) is 0. The molecule has 0 fully saturated rings. The number of amides is 1. The summed E-state index contributed by atoms with van der Waals surface area (Å²) in [5.41, 5.74) is 2.61. The first-order valence-electron chi connectivity index (χ1n) is 8.32. The summed E-state index contributed by atoms with van der Waals surface area (Å²) in [5.74, 6) is 1.10. The van der Waals surface area contributed by atoms with Crippen molar-refractivity contribution in [1.82, 2.24) is 0 Å². The maximum Gasteiger partial charge on any atom is 0.255 e. The molecule has 2 aromatic carbocycles. The molecule has 2 aromatic rings. The van der Waals surface area contributed by atoms with Gasteiger partial charge in [0.1, 0.15) is 12.4 Å². The molecule has 1 N–H and O–H groups in total. The van der Waals surface area contributed by atoms with Crippen LogP contribution in [-0.4, -0.2) is 25.7 Å². The summed E-state index contributed by atoms with van der Waals surface area (Å²) in [6.45, 7) is 7.99. The average Bonchev–Trinajstić information content (AvgIpc) is 2.60. The Kier molecular flexibility index (Phi) is 6.82. The maximum atomic E-state index is 12.3. The lowest BCUT2D eigenvalue weighted by molar-refractivity contribution is 0.102. The molecular formula is C20H25NO3. The minimum Gasteiger partial charge on any atom is -0.491 e. The predicted molar refractivity (Wildman–Crippen MR) is 96.9 cm³/mol. The zero-order valence-corrected chi connectivity index (χ0v) is 14.5. The monoisotopic (exact) mass is 327 g/mol. The SMILES string of the molecule is CCOCCOc1ccc(NC(=O)c2ccc(C(C)C)cc2)cc1. The van der Waals surface area contributed by atoms with Crippen LogP contribution in [0.15, 0.2) is 48.5 Å². The van der Waals surface area contributed by atoms with Gasteiger partial charge in [-0.05, 0) is 54.8 Å². The fourth-order valence-corrected chi connectivity index (χ4v) is 2.22. The summed E-state index contributed by atoms with van der Waals surface area (Å²) < 4.78 is 10.8. The third-order valence-corrected chi connectivity index (χ3v) is 3.65. The molecule has 0 atom stereocenters. The van der Waals surface area contributed by atoms with Gasteiger partial charge in [-0.15, -0.1) is 0 Å². The molecule has 4 nitrogen and oxygen atoms in total. The van der Waals surface area contributed by atoms with Gasteiger partial charge in [0.25, 0.3) is 5.91 Å². The smallest absolute Gasteiger partial charge is 0.255 e. The van der Waals surface area contributed by atoms with Crippen molar-refractivity contribution in [2.75, 3.05) is 25.1 Å². The van der Waals surface area contributed by atoms with Crippen LogP contribution < -0.4 is 10.1 Å². The molecule has 0 heterocycles. The Morgan fingerprint density at radius 2 is 1.67 bits per heavy atom. The van der Waals surface area contributed by atoms with Crippen molar-refractivity contribution in [2.45, 2.75) is 26.7 Å². The summed E-state index contributed by atoms with van der Waals surface area (Å²) >= 11 is 0. The van der Waals surface area contributed by atoms with E-state index in [-0.39, 0.29) is 5.91 Å². The summed E-state index contributed by atoms with van der Waals surface area (Å²) in [7, 11) is 0. The van der Waals surface area contributed by atoms with Crippen LogP contribution >= 0.6 is 0 Å². The van der Waals surface area contributed by atoms with E-state index in [1.165, 1.54) is 5.56 Å². The van der Waals surface area contributed by atoms with Gasteiger partial charge in [0.05, 0.1) is 6.61 Å². The number of ether oxygens (including phenoxy) is 2. The fraction of sp³-hybridized carbons (Fsp3) is 0.350. The first-order chi connectivity index (χ1) is 11.6. The van der Waals surface area contributed by atoms with Crippen LogP contribution in [0.5, 0.6) is 5.75 Å². The molecule has 0 aliphatic carbocycles. The summed E-state index contributed by atoms with van der Waals surface area (Å²) in [4.78, 5) is 12.3. The lowest BCUT2D eigenvalue weighted by Crippen LogP contribution is -2.12. The first-order valence-corrected chi connectivity index (χ1v) is 8.32. The van der Waals surface area contributed by atoms with E-state index in [4.69, 9.17) is 9.47 Å². The largest absolute Gasteiger partial charge is 0.491 e. The lowest BCUT2D eigenvalue weighted by Gasteiger charge is -2.09. The Hall–Kier alpha value is -2.33. The number of rotatable bonds is 8. The normalized spacial score (nSPS) is 10.7. The van der Waals surface area contributed by atoms with Crippen LogP contribution in [0, 0.1) is 0 Å². The zero-order valence-electron chi connectivity index (χ0n) is 14.5. The molecule has 0 unspecified atom stereocenters. The molecule has 128 valence electrons. The topological polar surface area (TPSA) is 47.6 Å². The van der Waals surface area contributed by atoms with Crippen LogP contribution in [0.1, 0.15) is 42.6 Å². The highest BCUT2D eigenvalue weighted by molar-refractivity contribution is 6.04. The van der Waals surface area contributed by atoms with Crippen LogP contribution in [-0.2, 0) is 4.74 Å². The fourth-order valence-electron chi connectivity index (χ4n) is 2.22. The standard InChI is InChI=1S/C20H25NO3/c1-4-23-13-14-24-19-11-9-18(10-12-19)21-20(22)17-7-5-16(6-8-17)15(2)3/h5-12,15H,4,13-14H2,1-3H3,(H,21,22). The molecule has 4 heteroatoms. The number of carbonyl (C=O) groups is 1. The third-order valence-electron chi connectivity index (χ3n) is 3.65. The third kappa shape index (κ3) is 5.39. The number of hydrogen-bond donors (Lipinski definition) is 1. The van der Waals surface area contributed by atoms with E-state index >= 15 is 0 Å². The van der Waals surface area contributed by atoms with Crippen molar-refractivity contribution in [3.05, 3.63) is 59.7 Å². The highest BCUT2D eigenvalue weighted by atomic mass is 16.5. The summed E-state index contributed by atoms with van der Waals surface area (Å²) in [6, 6.07) is 15.0. The van der Waals surface area contributed by atoms with Crippen LogP contribution in [0.4, 0.5) is 5.69 Å². The Morgan fingerprint density at radius 1 is 1.00 bits per heavy atom. The van der Waals surface area contributed by atoms with Gasteiger partial charge in [-0.3, -0.25) is 4.79 Å². The molecule has 1 amide bonds. The molecule has 0 bridgehead atoms. The molecule has 0 aliphatic heterocycles. The van der Waals surface area contributed by atoms with Crippen LogP contribution in [0.25, 0.3) is 0 Å². The molecule has 24 heavy (non-hydrogen) atoms. The second-order valence-electron chi connectivity index (χ2n) is 5.80. The van der Waals surface area contributed by atoms with E-state index in [0.717, 1.165) is 11.4 Å². The van der Waals surface area contributed by atoms with Gasteiger partial charge in [-0.25, -0.2) is 0 Å². The van der Waals surface area contributed by atoms with Gasteiger partial charge in [0.15, 0.2) is 0 Å². The van der Waals surface area contributed by atoms with Gasteiger partial charge in [-0.1, -0.05) is 26.0 Å². The minimum absolute atomic E-state index is 0.115. The number of nitrogens with one attached hydrogen (secondary N) is 1. The Labute approximate surface area is 143 Å². The van der Waals surface area contributed by atoms with Crippen molar-refractivity contribution in [3.8, 4) is 5.75 Å². The van der Waals surface area contributed by atoms with Crippen molar-refractivity contribution < 1.29 is 14.3 Å². The highest BCUT2D eigenvalue weighted by Gasteiger charge is 2.07. The molecule has 0 aromatic heterocycles. The molecule has 0 aliphatic rings. The Morgan fingerprint density at radius 3 is 2.25 bits per heavy atom. The van der Waals surface area contributed by atoms with Crippen molar-refractivity contribution in [1.29, 1.82) is 0 Å². The quantitative estimate of drug-likeness (QED) is 0.727. The van der Waals surface area contributed by atoms with E-state index in [1.807, 2.05) is 55.5 Å². The number of hydrogen-bond acceptors (Lipinski definition) is 3. The van der Waals surface area contributed by atoms with Gasteiger partial charge in [0, 0.05) is 17.9 Å². The Bertz CT molecular complexity index is 633. The molecule has 0 radical (unpaired) electrons. The van der Waals surface area contributed by atoms with Crippen LogP contribution in [0.3, 0.4) is 0 Å². The van der Waals surface area contributed by atoms with E-state index in [1.54, 1.807) is 0 Å². The second kappa shape index (κ2) is 9.08. The predicted octanol–water partition coefficient (Wildman–Crippen LogP) is 4.48. The number of anilines is 1. The number of benzene rings is 2. The maximum absolute atomic E-state index is 12.3. The molecule has 0 saturated heterocycles. The molecule has 0 saturated carbocycles. The van der Waals surface area contributed by atoms with Gasteiger partial charge in [0.2, 0.25) is 0 Å². The highest BCUT2D eigenvalue weighted by Crippen LogP contribution is 2.18. The zero-order chi connectivity index (χ0) is 17.4.